The zero-order chi connectivity index (χ0) is 18.5. The average Bonchev–Trinajstić information content (AvgIpc) is 3.00. The summed E-state index contributed by atoms with van der Waals surface area (Å²) in [6.45, 7) is 4.75. The summed E-state index contributed by atoms with van der Waals surface area (Å²) in [5.41, 5.74) is 9.13. The molecule has 0 saturated carbocycles. The molecule has 6 nitrogen and oxygen atoms in total. The maximum atomic E-state index is 11.2. The summed E-state index contributed by atoms with van der Waals surface area (Å²) in [5, 5.41) is 4.76. The molecule has 1 aromatic carbocycles. The van der Waals surface area contributed by atoms with Gasteiger partial charge in [-0.15, -0.1) is 0 Å². The highest BCUT2D eigenvalue weighted by molar-refractivity contribution is 5.84. The number of fused-ring (bicyclic) bond motifs is 1. The van der Waals surface area contributed by atoms with Crippen LogP contribution in [0.15, 0.2) is 29.4 Å². The van der Waals surface area contributed by atoms with E-state index in [0.717, 1.165) is 44.9 Å². The van der Waals surface area contributed by atoms with Crippen molar-refractivity contribution < 1.29 is 4.79 Å². The van der Waals surface area contributed by atoms with E-state index < -0.39 is 0 Å². The maximum absolute atomic E-state index is 11.2. The summed E-state index contributed by atoms with van der Waals surface area (Å²) < 4.78 is 0. The number of primary amides is 1. The van der Waals surface area contributed by atoms with E-state index >= 15 is 0 Å². The number of guanidine groups is 1. The zero-order valence-electron chi connectivity index (χ0n) is 15.7. The molecule has 1 aliphatic rings. The Labute approximate surface area is 154 Å². The van der Waals surface area contributed by atoms with Crippen LogP contribution in [0.4, 0.5) is 0 Å². The van der Waals surface area contributed by atoms with Crippen LogP contribution in [0.25, 0.3) is 10.9 Å². The first-order chi connectivity index (χ1) is 12.6. The van der Waals surface area contributed by atoms with Crippen LogP contribution < -0.4 is 11.1 Å². The number of piperidine rings is 1. The molecule has 1 amide bonds. The lowest BCUT2D eigenvalue weighted by molar-refractivity contribution is -0.119. The Balaban J connectivity index is 1.56. The molecule has 26 heavy (non-hydrogen) atoms. The van der Waals surface area contributed by atoms with E-state index in [1.54, 1.807) is 0 Å². The largest absolute Gasteiger partial charge is 0.370 e. The number of nitrogens with two attached hydrogens (primary N) is 1. The Morgan fingerprint density at radius 2 is 2.31 bits per heavy atom. The lowest BCUT2D eigenvalue weighted by atomic mass is 9.95. The number of hydrogen-bond donors (Lipinski definition) is 3. The van der Waals surface area contributed by atoms with Crippen LogP contribution in [0.5, 0.6) is 0 Å². The maximum Gasteiger partial charge on any atom is 0.217 e. The third-order valence-corrected chi connectivity index (χ3v) is 5.12. The van der Waals surface area contributed by atoms with Gasteiger partial charge in [0, 0.05) is 50.2 Å². The molecular formula is C20H29N5O. The number of aryl methyl sites for hydroxylation is 1. The quantitative estimate of drug-likeness (QED) is 0.567. The summed E-state index contributed by atoms with van der Waals surface area (Å²) in [6, 6.07) is 6.51. The third-order valence-electron chi connectivity index (χ3n) is 5.12. The number of carbonyl (C=O) groups excluding carboxylic acids is 1. The lowest BCUT2D eigenvalue weighted by Gasteiger charge is -2.34. The number of nitrogens with zero attached hydrogens (tertiary/aromatic N) is 2. The Bertz CT molecular complexity index is 795. The van der Waals surface area contributed by atoms with Gasteiger partial charge in [-0.25, -0.2) is 0 Å². The number of benzene rings is 1. The molecule has 0 spiro atoms. The van der Waals surface area contributed by atoms with Gasteiger partial charge >= 0.3 is 0 Å². The number of nitrogens with one attached hydrogen (secondary N) is 2. The SMILES string of the molecule is CN=C(NCCc1c[nH]c2cc(C)ccc12)N1CCCC(CC(N)=O)C1. The van der Waals surface area contributed by atoms with Gasteiger partial charge in [0.1, 0.15) is 0 Å². The number of amides is 1. The van der Waals surface area contributed by atoms with E-state index in [1.807, 2.05) is 7.05 Å². The predicted molar refractivity (Wildman–Crippen MR) is 106 cm³/mol. The molecule has 6 heteroatoms. The molecular weight excluding hydrogens is 326 g/mol. The summed E-state index contributed by atoms with van der Waals surface area (Å²) >= 11 is 0. The van der Waals surface area contributed by atoms with Crippen molar-refractivity contribution in [2.45, 2.75) is 32.6 Å². The highest BCUT2D eigenvalue weighted by atomic mass is 16.1. The van der Waals surface area contributed by atoms with Crippen LogP contribution in [-0.2, 0) is 11.2 Å². The van der Waals surface area contributed by atoms with Crippen LogP contribution in [0.2, 0.25) is 0 Å². The van der Waals surface area contributed by atoms with Gasteiger partial charge in [-0.2, -0.15) is 0 Å². The third kappa shape index (κ3) is 4.36. The number of carbonyl (C=O) groups is 1. The minimum Gasteiger partial charge on any atom is -0.370 e. The van der Waals surface area contributed by atoms with Gasteiger partial charge in [-0.1, -0.05) is 12.1 Å². The fraction of sp³-hybridized carbons (Fsp3) is 0.500. The Morgan fingerprint density at radius 1 is 1.46 bits per heavy atom. The first kappa shape index (κ1) is 18.3. The Kier molecular flexibility index (Phi) is 5.81. The number of aliphatic imine (C=N–C) groups is 1. The minimum atomic E-state index is -0.214. The smallest absolute Gasteiger partial charge is 0.217 e. The second-order valence-electron chi connectivity index (χ2n) is 7.21. The van der Waals surface area contributed by atoms with Gasteiger partial charge in [0.05, 0.1) is 0 Å². The molecule has 3 rings (SSSR count). The van der Waals surface area contributed by atoms with Crippen molar-refractivity contribution in [3.05, 3.63) is 35.5 Å². The number of aromatic nitrogens is 1. The Hall–Kier alpha value is -2.50. The molecule has 0 aliphatic carbocycles. The molecule has 2 heterocycles. The number of rotatable bonds is 5. The van der Waals surface area contributed by atoms with Crippen LogP contribution in [0.1, 0.15) is 30.4 Å². The fourth-order valence-electron chi connectivity index (χ4n) is 3.86. The number of likely N-dealkylation sites (tertiary alicyclic amines) is 1. The van der Waals surface area contributed by atoms with E-state index in [-0.39, 0.29) is 5.91 Å². The van der Waals surface area contributed by atoms with Gasteiger partial charge < -0.3 is 20.9 Å². The van der Waals surface area contributed by atoms with E-state index in [4.69, 9.17) is 5.73 Å². The van der Waals surface area contributed by atoms with Crippen molar-refractivity contribution in [1.29, 1.82) is 0 Å². The number of H-pyrrole nitrogens is 1. The average molecular weight is 355 g/mol. The van der Waals surface area contributed by atoms with E-state index in [2.05, 4.69) is 51.5 Å². The summed E-state index contributed by atoms with van der Waals surface area (Å²) in [5.74, 6) is 1.03. The normalized spacial score (nSPS) is 18.3. The van der Waals surface area contributed by atoms with Crippen LogP contribution in [0.3, 0.4) is 0 Å². The topological polar surface area (TPSA) is 86.5 Å². The molecule has 0 bridgehead atoms. The van der Waals surface area contributed by atoms with Gasteiger partial charge in [0.25, 0.3) is 0 Å². The van der Waals surface area contributed by atoms with Crippen LogP contribution in [0, 0.1) is 12.8 Å². The first-order valence-electron chi connectivity index (χ1n) is 9.37. The molecule has 1 unspecified atom stereocenters. The molecule has 1 aliphatic heterocycles. The van der Waals surface area contributed by atoms with Crippen LogP contribution >= 0.6 is 0 Å². The highest BCUT2D eigenvalue weighted by Gasteiger charge is 2.23. The van der Waals surface area contributed by atoms with Crippen molar-refractivity contribution >= 4 is 22.8 Å². The summed E-state index contributed by atoms with van der Waals surface area (Å²) in [6.07, 6.45) is 5.62. The van der Waals surface area contributed by atoms with Crippen molar-refractivity contribution in [3.8, 4) is 0 Å². The van der Waals surface area contributed by atoms with E-state index in [9.17, 15) is 4.79 Å². The van der Waals surface area contributed by atoms with E-state index in [0.29, 0.717) is 12.3 Å². The van der Waals surface area contributed by atoms with E-state index in [1.165, 1.54) is 22.0 Å². The molecule has 4 N–H and O–H groups in total. The van der Waals surface area contributed by atoms with Gasteiger partial charge in [-0.05, 0) is 49.3 Å². The van der Waals surface area contributed by atoms with Gasteiger partial charge in [0.2, 0.25) is 5.91 Å². The molecule has 1 fully saturated rings. The Morgan fingerprint density at radius 3 is 3.08 bits per heavy atom. The highest BCUT2D eigenvalue weighted by Crippen LogP contribution is 2.21. The van der Waals surface area contributed by atoms with Crippen LogP contribution in [-0.4, -0.2) is 48.4 Å². The van der Waals surface area contributed by atoms with Crippen molar-refractivity contribution in [2.75, 3.05) is 26.7 Å². The lowest BCUT2D eigenvalue weighted by Crippen LogP contribution is -2.47. The summed E-state index contributed by atoms with van der Waals surface area (Å²) in [4.78, 5) is 21.2. The monoisotopic (exact) mass is 355 g/mol. The second-order valence-corrected chi connectivity index (χ2v) is 7.21. The molecule has 1 atom stereocenters. The number of hydrogen-bond acceptors (Lipinski definition) is 2. The molecule has 0 radical (unpaired) electrons. The fourth-order valence-corrected chi connectivity index (χ4v) is 3.86. The molecule has 1 saturated heterocycles. The van der Waals surface area contributed by atoms with Gasteiger partial charge in [0.15, 0.2) is 5.96 Å². The van der Waals surface area contributed by atoms with Gasteiger partial charge in [-0.3, -0.25) is 9.79 Å². The van der Waals surface area contributed by atoms with Crippen molar-refractivity contribution in [1.82, 2.24) is 15.2 Å². The molecule has 1 aromatic heterocycles. The minimum absolute atomic E-state index is 0.214. The molecule has 140 valence electrons. The summed E-state index contributed by atoms with van der Waals surface area (Å²) in [7, 11) is 1.81. The zero-order valence-corrected chi connectivity index (χ0v) is 15.7. The number of aromatic amines is 1. The second kappa shape index (κ2) is 8.25. The predicted octanol–water partition coefficient (Wildman–Crippen LogP) is 2.18. The first-order valence-corrected chi connectivity index (χ1v) is 9.37. The van der Waals surface area contributed by atoms with Crippen molar-refractivity contribution in [3.63, 3.8) is 0 Å². The standard InChI is InChI=1S/C20H29N5O/c1-14-5-6-17-16(12-24-18(17)10-14)7-8-23-20(22-2)25-9-3-4-15(13-25)11-19(21)26/h5-6,10,12,15,24H,3-4,7-9,11,13H2,1-2H3,(H2,21,26)(H,22,23). The molecule has 2 aromatic rings. The van der Waals surface area contributed by atoms with Crippen molar-refractivity contribution in [2.24, 2.45) is 16.6 Å².